The van der Waals surface area contributed by atoms with Crippen LogP contribution in [-0.4, -0.2) is 34.6 Å². The molecule has 2 rings (SSSR count). The smallest absolute Gasteiger partial charge is 0.254 e. The van der Waals surface area contributed by atoms with Gasteiger partial charge in [0.15, 0.2) is 0 Å². The highest BCUT2D eigenvalue weighted by Crippen LogP contribution is 2.24. The van der Waals surface area contributed by atoms with E-state index in [0.717, 1.165) is 18.4 Å². The number of piperidine rings is 1. The van der Waals surface area contributed by atoms with Gasteiger partial charge < -0.3 is 10.0 Å². The van der Waals surface area contributed by atoms with Gasteiger partial charge in [-0.2, -0.15) is 0 Å². The number of likely N-dealkylation sites (tertiary alicyclic amines) is 1. The third-order valence-electron chi connectivity index (χ3n) is 3.85. The van der Waals surface area contributed by atoms with Crippen molar-refractivity contribution in [1.29, 1.82) is 0 Å². The normalized spacial score (nSPS) is 22.1. The molecule has 1 saturated heterocycles. The zero-order chi connectivity index (χ0) is 14.5. The van der Waals surface area contributed by atoms with Gasteiger partial charge in [0.1, 0.15) is 6.61 Å². The van der Waals surface area contributed by atoms with Crippen molar-refractivity contribution >= 4 is 5.91 Å². The Morgan fingerprint density at radius 3 is 2.70 bits per heavy atom. The number of hydrogen-bond donors (Lipinski definition) is 1. The summed E-state index contributed by atoms with van der Waals surface area (Å²) in [5, 5.41) is 8.73. The molecule has 20 heavy (non-hydrogen) atoms. The molecule has 1 aliphatic heterocycles. The van der Waals surface area contributed by atoms with Crippen molar-refractivity contribution < 1.29 is 9.90 Å². The summed E-state index contributed by atoms with van der Waals surface area (Å²) in [6.07, 6.45) is 3.33. The van der Waals surface area contributed by atoms with E-state index < -0.39 is 0 Å². The van der Waals surface area contributed by atoms with Crippen LogP contribution in [0, 0.1) is 11.8 Å². The van der Waals surface area contributed by atoms with E-state index in [2.05, 4.69) is 25.7 Å². The highest BCUT2D eigenvalue weighted by Gasteiger charge is 2.29. The maximum absolute atomic E-state index is 12.7. The van der Waals surface area contributed by atoms with Crippen LogP contribution >= 0.6 is 0 Å². The molecule has 0 bridgehead atoms. The third-order valence-corrected chi connectivity index (χ3v) is 3.85. The Bertz CT molecular complexity index is 531. The lowest BCUT2D eigenvalue weighted by atomic mass is 9.96. The minimum atomic E-state index is -0.168. The fourth-order valence-corrected chi connectivity index (χ4v) is 2.84. The number of carbonyl (C=O) groups excluding carboxylic acids is 1. The van der Waals surface area contributed by atoms with Crippen LogP contribution in [-0.2, 0) is 0 Å². The molecule has 1 aromatic rings. The zero-order valence-electron chi connectivity index (χ0n) is 12.1. The van der Waals surface area contributed by atoms with Gasteiger partial charge in [-0.05, 0) is 51.3 Å². The van der Waals surface area contributed by atoms with E-state index in [1.54, 1.807) is 6.07 Å². The van der Waals surface area contributed by atoms with Crippen LogP contribution in [0.4, 0.5) is 0 Å². The van der Waals surface area contributed by atoms with Crippen molar-refractivity contribution in [3.05, 3.63) is 35.4 Å². The van der Waals surface area contributed by atoms with E-state index in [1.165, 1.54) is 6.42 Å². The minimum Gasteiger partial charge on any atom is -0.384 e. The predicted octanol–water partition coefficient (Wildman–Crippen LogP) is 2.43. The Hall–Kier alpha value is -1.79. The van der Waals surface area contributed by atoms with Crippen LogP contribution in [0.2, 0.25) is 0 Å². The van der Waals surface area contributed by atoms with E-state index in [4.69, 9.17) is 5.11 Å². The number of aliphatic hydroxyl groups excluding tert-OH is 1. The number of hydrogen-bond acceptors (Lipinski definition) is 2. The highest BCUT2D eigenvalue weighted by molar-refractivity contribution is 5.95. The SMILES string of the molecule is CC1CCCC(C)N1C(=O)c1cccc(C#CCO)c1. The first kappa shape index (κ1) is 14.6. The molecule has 0 radical (unpaired) electrons. The minimum absolute atomic E-state index is 0.0809. The average molecular weight is 271 g/mol. The first-order chi connectivity index (χ1) is 9.63. The van der Waals surface area contributed by atoms with Gasteiger partial charge >= 0.3 is 0 Å². The van der Waals surface area contributed by atoms with Gasteiger partial charge in [0.25, 0.3) is 5.91 Å². The number of carbonyl (C=O) groups is 1. The number of aliphatic hydroxyl groups is 1. The lowest BCUT2D eigenvalue weighted by Gasteiger charge is -2.39. The number of amides is 1. The zero-order valence-corrected chi connectivity index (χ0v) is 12.1. The molecule has 2 unspecified atom stereocenters. The molecule has 1 heterocycles. The number of benzene rings is 1. The Kier molecular flexibility index (Phi) is 4.81. The van der Waals surface area contributed by atoms with Gasteiger partial charge in [-0.3, -0.25) is 4.79 Å². The van der Waals surface area contributed by atoms with Crippen LogP contribution in [0.3, 0.4) is 0 Å². The second kappa shape index (κ2) is 6.58. The van der Waals surface area contributed by atoms with Crippen molar-refractivity contribution in [2.24, 2.45) is 0 Å². The molecule has 0 aromatic heterocycles. The second-order valence-corrected chi connectivity index (χ2v) is 5.38. The van der Waals surface area contributed by atoms with E-state index >= 15 is 0 Å². The maximum Gasteiger partial charge on any atom is 0.254 e. The summed E-state index contributed by atoms with van der Waals surface area (Å²) in [5.74, 6) is 5.53. The molecule has 1 fully saturated rings. The molecule has 0 aliphatic carbocycles. The molecule has 0 spiro atoms. The van der Waals surface area contributed by atoms with Crippen molar-refractivity contribution in [2.75, 3.05) is 6.61 Å². The fourth-order valence-electron chi connectivity index (χ4n) is 2.84. The maximum atomic E-state index is 12.7. The molecule has 0 saturated carbocycles. The molecule has 106 valence electrons. The van der Waals surface area contributed by atoms with Crippen LogP contribution in [0.15, 0.2) is 24.3 Å². The van der Waals surface area contributed by atoms with Gasteiger partial charge in [0.05, 0.1) is 0 Å². The van der Waals surface area contributed by atoms with Gasteiger partial charge in [-0.25, -0.2) is 0 Å². The third kappa shape index (κ3) is 3.20. The highest BCUT2D eigenvalue weighted by atomic mass is 16.2. The monoisotopic (exact) mass is 271 g/mol. The average Bonchev–Trinajstić information content (AvgIpc) is 2.45. The molecular formula is C17H21NO2. The molecule has 1 aromatic carbocycles. The first-order valence-electron chi connectivity index (χ1n) is 7.16. The summed E-state index contributed by atoms with van der Waals surface area (Å²) >= 11 is 0. The first-order valence-corrected chi connectivity index (χ1v) is 7.16. The van der Waals surface area contributed by atoms with E-state index in [1.807, 2.05) is 23.1 Å². The lowest BCUT2D eigenvalue weighted by Crippen LogP contribution is -2.47. The molecule has 1 N–H and O–H groups in total. The van der Waals surface area contributed by atoms with Crippen molar-refractivity contribution in [3.63, 3.8) is 0 Å². The summed E-state index contributed by atoms with van der Waals surface area (Å²) in [6, 6.07) is 7.91. The topological polar surface area (TPSA) is 40.5 Å². The van der Waals surface area contributed by atoms with Crippen LogP contribution in [0.5, 0.6) is 0 Å². The van der Waals surface area contributed by atoms with Crippen LogP contribution in [0.1, 0.15) is 49.0 Å². The standard InChI is InChI=1S/C17H21NO2/c1-13-6-3-7-14(2)18(13)17(20)16-10-4-8-15(12-16)9-5-11-19/h4,8,10,12-14,19H,3,6-7,11H2,1-2H3. The molecule has 3 nitrogen and oxygen atoms in total. The van der Waals surface area contributed by atoms with Crippen LogP contribution in [0.25, 0.3) is 0 Å². The molecule has 1 amide bonds. The van der Waals surface area contributed by atoms with Gasteiger partial charge in [-0.15, -0.1) is 0 Å². The van der Waals surface area contributed by atoms with Crippen molar-refractivity contribution in [3.8, 4) is 11.8 Å². The Morgan fingerprint density at radius 1 is 1.35 bits per heavy atom. The molecule has 3 heteroatoms. The largest absolute Gasteiger partial charge is 0.384 e. The quantitative estimate of drug-likeness (QED) is 0.797. The fraction of sp³-hybridized carbons (Fsp3) is 0.471. The summed E-state index contributed by atoms with van der Waals surface area (Å²) < 4.78 is 0. The summed E-state index contributed by atoms with van der Waals surface area (Å²) in [4.78, 5) is 14.7. The summed E-state index contributed by atoms with van der Waals surface area (Å²) in [7, 11) is 0. The van der Waals surface area contributed by atoms with Crippen molar-refractivity contribution in [1.82, 2.24) is 4.90 Å². The Morgan fingerprint density at radius 2 is 2.05 bits per heavy atom. The Labute approximate surface area is 120 Å². The predicted molar refractivity (Wildman–Crippen MR) is 79.4 cm³/mol. The van der Waals surface area contributed by atoms with Gasteiger partial charge in [0, 0.05) is 23.2 Å². The van der Waals surface area contributed by atoms with Gasteiger partial charge in [-0.1, -0.05) is 17.9 Å². The second-order valence-electron chi connectivity index (χ2n) is 5.38. The van der Waals surface area contributed by atoms with Crippen LogP contribution < -0.4 is 0 Å². The van der Waals surface area contributed by atoms with E-state index in [0.29, 0.717) is 17.6 Å². The number of rotatable bonds is 1. The van der Waals surface area contributed by atoms with Gasteiger partial charge in [0.2, 0.25) is 0 Å². The van der Waals surface area contributed by atoms with E-state index in [-0.39, 0.29) is 12.5 Å². The number of nitrogens with zero attached hydrogens (tertiary/aromatic N) is 1. The Balaban J connectivity index is 2.24. The van der Waals surface area contributed by atoms with Crippen molar-refractivity contribution in [2.45, 2.75) is 45.2 Å². The van der Waals surface area contributed by atoms with E-state index in [9.17, 15) is 4.79 Å². The summed E-state index contributed by atoms with van der Waals surface area (Å²) in [6.45, 7) is 4.06. The summed E-state index contributed by atoms with van der Waals surface area (Å²) in [5.41, 5.74) is 1.44. The molecular weight excluding hydrogens is 250 g/mol. The molecule has 1 aliphatic rings. The molecule has 2 atom stereocenters. The lowest BCUT2D eigenvalue weighted by molar-refractivity contribution is 0.0510.